The maximum absolute atomic E-state index is 13.4. The number of aromatic nitrogens is 1. The Labute approximate surface area is 184 Å². The number of H-pyrrole nitrogens is 1. The Balaban J connectivity index is 1.73. The molecule has 32 heavy (non-hydrogen) atoms. The molecule has 5 aromatic rings. The highest BCUT2D eigenvalue weighted by atomic mass is 16.2. The molecule has 3 N–H and O–H groups in total. The number of carbonyl (C=O) groups is 2. The third kappa shape index (κ3) is 2.58. The molecule has 0 saturated heterocycles. The van der Waals surface area contributed by atoms with Crippen LogP contribution in [0.2, 0.25) is 0 Å². The monoisotopic (exact) mass is 417 g/mol. The van der Waals surface area contributed by atoms with Gasteiger partial charge in [0.25, 0.3) is 11.8 Å². The van der Waals surface area contributed by atoms with E-state index < -0.39 is 5.91 Å². The van der Waals surface area contributed by atoms with Crippen LogP contribution in [0.4, 0.5) is 5.69 Å². The predicted octanol–water partition coefficient (Wildman–Crippen LogP) is 5.25. The number of rotatable bonds is 3. The van der Waals surface area contributed by atoms with E-state index in [0.717, 1.165) is 33.0 Å². The molecule has 0 saturated carbocycles. The smallest absolute Gasteiger partial charge is 0.258 e. The molecule has 0 atom stereocenters. The highest BCUT2D eigenvalue weighted by molar-refractivity contribution is 6.23. The second-order valence-corrected chi connectivity index (χ2v) is 8.02. The van der Waals surface area contributed by atoms with Crippen molar-refractivity contribution in [1.29, 1.82) is 0 Å². The number of hydrogen-bond acceptors (Lipinski definition) is 2. The standard InChI is InChI=1S/C27H19N3O2/c28-26(31)23-24-21(19-12-6-7-13-22(19)29-24)14-20(16-8-2-1-3-9-16)25(23)30-15-17-10-4-5-11-18(17)27(30)32/h1-14,29H,15H2,(H2,28,31). The third-order valence-electron chi connectivity index (χ3n) is 6.20. The molecular formula is C27H19N3O2. The lowest BCUT2D eigenvalue weighted by atomic mass is 9.95. The molecule has 0 radical (unpaired) electrons. The Bertz CT molecular complexity index is 1550. The number of nitrogens with zero attached hydrogens (tertiary/aromatic N) is 1. The molecule has 154 valence electrons. The minimum absolute atomic E-state index is 0.129. The lowest BCUT2D eigenvalue weighted by Gasteiger charge is -2.23. The zero-order valence-corrected chi connectivity index (χ0v) is 17.1. The zero-order chi connectivity index (χ0) is 21.8. The maximum Gasteiger partial charge on any atom is 0.258 e. The minimum atomic E-state index is -0.571. The Morgan fingerprint density at radius 1 is 0.844 bits per heavy atom. The number of para-hydroxylation sites is 1. The van der Waals surface area contributed by atoms with E-state index in [-0.39, 0.29) is 5.91 Å². The first-order valence-corrected chi connectivity index (χ1v) is 10.5. The van der Waals surface area contributed by atoms with Crippen molar-refractivity contribution < 1.29 is 9.59 Å². The Hall–Kier alpha value is -4.38. The maximum atomic E-state index is 13.4. The van der Waals surface area contributed by atoms with Crippen LogP contribution in [0.15, 0.2) is 84.9 Å². The lowest BCUT2D eigenvalue weighted by molar-refractivity contribution is 0.0996. The van der Waals surface area contributed by atoms with Crippen LogP contribution in [0.1, 0.15) is 26.3 Å². The van der Waals surface area contributed by atoms with Crippen molar-refractivity contribution in [1.82, 2.24) is 4.98 Å². The van der Waals surface area contributed by atoms with Crippen LogP contribution >= 0.6 is 0 Å². The van der Waals surface area contributed by atoms with E-state index in [2.05, 4.69) is 11.1 Å². The van der Waals surface area contributed by atoms with Gasteiger partial charge in [-0.2, -0.15) is 0 Å². The topological polar surface area (TPSA) is 79.2 Å². The number of carbonyl (C=O) groups excluding carboxylic acids is 2. The number of benzene rings is 4. The second-order valence-electron chi connectivity index (χ2n) is 8.02. The summed E-state index contributed by atoms with van der Waals surface area (Å²) < 4.78 is 0. The van der Waals surface area contributed by atoms with E-state index in [1.165, 1.54) is 0 Å². The van der Waals surface area contributed by atoms with Crippen molar-refractivity contribution in [3.05, 3.63) is 102 Å². The van der Waals surface area contributed by atoms with Crippen LogP contribution in [0, 0.1) is 0 Å². The molecule has 0 aliphatic carbocycles. The van der Waals surface area contributed by atoms with Crippen molar-refractivity contribution in [2.24, 2.45) is 5.73 Å². The fourth-order valence-corrected chi connectivity index (χ4v) is 4.77. The molecule has 1 aliphatic heterocycles. The molecule has 1 aromatic heterocycles. The molecule has 2 amide bonds. The van der Waals surface area contributed by atoms with Gasteiger partial charge in [0.05, 0.1) is 23.3 Å². The number of nitrogens with two attached hydrogens (primary N) is 1. The summed E-state index contributed by atoms with van der Waals surface area (Å²) in [6, 6.07) is 27.3. The van der Waals surface area contributed by atoms with Crippen LogP contribution in [0.5, 0.6) is 0 Å². The van der Waals surface area contributed by atoms with Gasteiger partial charge in [-0.1, -0.05) is 66.7 Å². The van der Waals surface area contributed by atoms with Crippen molar-refractivity contribution in [3.63, 3.8) is 0 Å². The Kier molecular flexibility index (Phi) is 3.92. The summed E-state index contributed by atoms with van der Waals surface area (Å²) in [5.74, 6) is -0.700. The Morgan fingerprint density at radius 3 is 2.34 bits per heavy atom. The fourth-order valence-electron chi connectivity index (χ4n) is 4.77. The van der Waals surface area contributed by atoms with Gasteiger partial charge >= 0.3 is 0 Å². The van der Waals surface area contributed by atoms with Crippen LogP contribution in [-0.4, -0.2) is 16.8 Å². The molecule has 5 heteroatoms. The lowest BCUT2D eigenvalue weighted by Crippen LogP contribution is -2.27. The highest BCUT2D eigenvalue weighted by Gasteiger charge is 2.34. The second kappa shape index (κ2) is 6.82. The van der Waals surface area contributed by atoms with Gasteiger partial charge in [0.2, 0.25) is 0 Å². The number of fused-ring (bicyclic) bond motifs is 4. The van der Waals surface area contributed by atoms with Gasteiger partial charge in [-0.15, -0.1) is 0 Å². The quantitative estimate of drug-likeness (QED) is 0.421. The molecule has 1 aliphatic rings. The van der Waals surface area contributed by atoms with E-state index in [1.807, 2.05) is 78.9 Å². The minimum Gasteiger partial charge on any atom is -0.365 e. The largest absolute Gasteiger partial charge is 0.365 e. The number of amides is 2. The van der Waals surface area contributed by atoms with Crippen LogP contribution in [0.25, 0.3) is 32.9 Å². The van der Waals surface area contributed by atoms with Gasteiger partial charge in [-0.25, -0.2) is 0 Å². The number of aromatic amines is 1. The number of anilines is 1. The molecule has 0 fully saturated rings. The molecule has 6 rings (SSSR count). The van der Waals surface area contributed by atoms with Gasteiger partial charge in [0.1, 0.15) is 0 Å². The van der Waals surface area contributed by atoms with Crippen LogP contribution in [-0.2, 0) is 6.54 Å². The summed E-state index contributed by atoms with van der Waals surface area (Å²) in [7, 11) is 0. The zero-order valence-electron chi connectivity index (χ0n) is 17.1. The molecule has 5 nitrogen and oxygen atoms in total. The number of primary amides is 1. The summed E-state index contributed by atoms with van der Waals surface area (Å²) in [6.07, 6.45) is 0. The summed E-state index contributed by atoms with van der Waals surface area (Å²) in [5, 5.41) is 1.91. The predicted molar refractivity (Wildman–Crippen MR) is 127 cm³/mol. The summed E-state index contributed by atoms with van der Waals surface area (Å²) in [6.45, 7) is 0.390. The van der Waals surface area contributed by atoms with Gasteiger partial charge in [-0.05, 0) is 29.3 Å². The fraction of sp³-hybridized carbons (Fsp3) is 0.0370. The molecule has 0 bridgehead atoms. The van der Waals surface area contributed by atoms with E-state index in [0.29, 0.717) is 28.9 Å². The molecule has 2 heterocycles. The van der Waals surface area contributed by atoms with Crippen molar-refractivity contribution in [2.75, 3.05) is 4.90 Å². The van der Waals surface area contributed by atoms with E-state index >= 15 is 0 Å². The summed E-state index contributed by atoms with van der Waals surface area (Å²) in [5.41, 5.74) is 11.7. The van der Waals surface area contributed by atoms with Gasteiger partial charge in [-0.3, -0.25) is 9.59 Å². The van der Waals surface area contributed by atoms with Crippen molar-refractivity contribution in [3.8, 4) is 11.1 Å². The van der Waals surface area contributed by atoms with E-state index in [4.69, 9.17) is 5.73 Å². The molecule has 4 aromatic carbocycles. The summed E-state index contributed by atoms with van der Waals surface area (Å²) >= 11 is 0. The van der Waals surface area contributed by atoms with Crippen molar-refractivity contribution >= 4 is 39.3 Å². The molecule has 0 unspecified atom stereocenters. The van der Waals surface area contributed by atoms with Gasteiger partial charge in [0.15, 0.2) is 0 Å². The molecule has 0 spiro atoms. The van der Waals surface area contributed by atoms with E-state index in [1.54, 1.807) is 4.90 Å². The number of nitrogens with one attached hydrogen (secondary N) is 1. The number of hydrogen-bond donors (Lipinski definition) is 2. The SMILES string of the molecule is NC(=O)c1c(N2Cc3ccccc3C2=O)c(-c2ccccc2)cc2c1[nH]c1ccccc12. The average molecular weight is 417 g/mol. The van der Waals surface area contributed by atoms with E-state index in [9.17, 15) is 9.59 Å². The Morgan fingerprint density at radius 2 is 1.56 bits per heavy atom. The normalized spacial score (nSPS) is 13.1. The van der Waals surface area contributed by atoms with Crippen LogP contribution < -0.4 is 10.6 Å². The average Bonchev–Trinajstić information content (AvgIpc) is 3.36. The van der Waals surface area contributed by atoms with Crippen molar-refractivity contribution in [2.45, 2.75) is 6.54 Å². The first-order valence-electron chi connectivity index (χ1n) is 10.5. The van der Waals surface area contributed by atoms with Gasteiger partial charge in [0, 0.05) is 27.4 Å². The van der Waals surface area contributed by atoms with Crippen LogP contribution in [0.3, 0.4) is 0 Å². The first kappa shape index (κ1) is 18.4. The summed E-state index contributed by atoms with van der Waals surface area (Å²) in [4.78, 5) is 31.4. The van der Waals surface area contributed by atoms with Gasteiger partial charge < -0.3 is 15.6 Å². The first-order chi connectivity index (χ1) is 15.6. The highest BCUT2D eigenvalue weighted by Crippen LogP contribution is 2.43. The molecular weight excluding hydrogens is 398 g/mol. The third-order valence-corrected chi connectivity index (χ3v) is 6.20.